The minimum Gasteiger partial charge on any atom is -0.359 e. The molecule has 0 saturated carbocycles. The molecule has 0 aromatic heterocycles. The predicted molar refractivity (Wildman–Crippen MR) is 83.0 cm³/mol. The van der Waals surface area contributed by atoms with E-state index in [0.717, 1.165) is 31.2 Å². The van der Waals surface area contributed by atoms with Crippen LogP contribution >= 0.6 is 0 Å². The second-order valence-corrected chi connectivity index (χ2v) is 5.72. The normalized spacial score (nSPS) is 19.7. The number of aliphatic hydroxyl groups is 2. The molecule has 1 aliphatic carbocycles. The largest absolute Gasteiger partial charge is 0.359 e. The van der Waals surface area contributed by atoms with Gasteiger partial charge >= 0.3 is 0 Å². The Kier molecular flexibility index (Phi) is 4.46. The lowest BCUT2D eigenvalue weighted by Crippen LogP contribution is -2.33. The van der Waals surface area contributed by atoms with E-state index in [1.165, 1.54) is 0 Å². The van der Waals surface area contributed by atoms with Crippen molar-refractivity contribution in [1.29, 1.82) is 0 Å². The first-order valence-electron chi connectivity index (χ1n) is 7.47. The summed E-state index contributed by atoms with van der Waals surface area (Å²) in [7, 11) is 0. The molecule has 0 heterocycles. The summed E-state index contributed by atoms with van der Waals surface area (Å²) in [4.78, 5) is 0. The molecule has 0 atom stereocenters. The summed E-state index contributed by atoms with van der Waals surface area (Å²) in [6.45, 7) is 4.34. The number of benzene rings is 1. The summed E-state index contributed by atoms with van der Waals surface area (Å²) in [5.74, 6) is -1.87. The average molecular weight is 272 g/mol. The van der Waals surface area contributed by atoms with Crippen LogP contribution in [-0.2, 0) is 0 Å². The molecule has 1 aliphatic rings. The first-order chi connectivity index (χ1) is 9.53. The summed E-state index contributed by atoms with van der Waals surface area (Å²) in [5, 5.41) is 20.5. The van der Waals surface area contributed by atoms with E-state index in [1.54, 1.807) is 6.08 Å². The van der Waals surface area contributed by atoms with Crippen LogP contribution in [0.3, 0.4) is 0 Å². The zero-order chi connectivity index (χ0) is 14.6. The van der Waals surface area contributed by atoms with Gasteiger partial charge in [0.15, 0.2) is 0 Å². The van der Waals surface area contributed by atoms with Gasteiger partial charge in [0, 0.05) is 11.0 Å². The molecule has 0 amide bonds. The Hall–Kier alpha value is -1.38. The predicted octanol–water partition coefficient (Wildman–Crippen LogP) is 3.91. The van der Waals surface area contributed by atoms with E-state index in [0.29, 0.717) is 5.57 Å². The van der Waals surface area contributed by atoms with Crippen LogP contribution in [-0.4, -0.2) is 16.0 Å². The Morgan fingerprint density at radius 3 is 2.05 bits per heavy atom. The molecule has 1 aromatic rings. The monoisotopic (exact) mass is 272 g/mol. The molecule has 108 valence electrons. The minimum atomic E-state index is -1.87. The van der Waals surface area contributed by atoms with Crippen LogP contribution in [0, 0.1) is 5.41 Å². The molecule has 2 nitrogen and oxygen atoms in total. The van der Waals surface area contributed by atoms with Gasteiger partial charge in [-0.15, -0.1) is 0 Å². The van der Waals surface area contributed by atoms with Crippen LogP contribution < -0.4 is 0 Å². The van der Waals surface area contributed by atoms with Gasteiger partial charge in [-0.1, -0.05) is 69.2 Å². The van der Waals surface area contributed by atoms with Crippen molar-refractivity contribution in [1.82, 2.24) is 0 Å². The van der Waals surface area contributed by atoms with Gasteiger partial charge in [0.2, 0.25) is 5.79 Å². The Morgan fingerprint density at radius 1 is 0.900 bits per heavy atom. The van der Waals surface area contributed by atoms with Gasteiger partial charge in [-0.05, 0) is 24.5 Å². The third-order valence-corrected chi connectivity index (χ3v) is 3.99. The van der Waals surface area contributed by atoms with Gasteiger partial charge < -0.3 is 10.2 Å². The molecule has 20 heavy (non-hydrogen) atoms. The van der Waals surface area contributed by atoms with Gasteiger partial charge in [0.05, 0.1) is 0 Å². The van der Waals surface area contributed by atoms with E-state index < -0.39 is 5.79 Å². The van der Waals surface area contributed by atoms with E-state index in [1.807, 2.05) is 36.4 Å². The Labute approximate surface area is 121 Å². The summed E-state index contributed by atoms with van der Waals surface area (Å²) < 4.78 is 0. The van der Waals surface area contributed by atoms with Crippen LogP contribution in [0.1, 0.15) is 45.1 Å². The second kappa shape index (κ2) is 5.94. The highest BCUT2D eigenvalue weighted by Gasteiger charge is 2.36. The van der Waals surface area contributed by atoms with Crippen molar-refractivity contribution in [2.45, 2.75) is 45.3 Å². The van der Waals surface area contributed by atoms with Crippen molar-refractivity contribution in [3.05, 3.63) is 54.1 Å². The molecule has 1 aromatic carbocycles. The summed E-state index contributed by atoms with van der Waals surface area (Å²) >= 11 is 0. The molecule has 2 heteroatoms. The molecule has 0 aliphatic heterocycles. The molecular weight excluding hydrogens is 248 g/mol. The third-order valence-electron chi connectivity index (χ3n) is 3.99. The van der Waals surface area contributed by atoms with Crippen LogP contribution in [0.5, 0.6) is 0 Å². The maximum atomic E-state index is 10.3. The van der Waals surface area contributed by atoms with Crippen molar-refractivity contribution in [3.8, 4) is 0 Å². The van der Waals surface area contributed by atoms with E-state index in [9.17, 15) is 10.2 Å². The number of hydrogen-bond acceptors (Lipinski definition) is 2. The molecule has 2 rings (SSSR count). The quantitative estimate of drug-likeness (QED) is 0.630. The first-order valence-corrected chi connectivity index (χ1v) is 7.47. The molecular formula is C18H24O2. The van der Waals surface area contributed by atoms with Gasteiger partial charge in [0.25, 0.3) is 0 Å². The van der Waals surface area contributed by atoms with E-state index >= 15 is 0 Å². The first kappa shape index (κ1) is 15.0. The van der Waals surface area contributed by atoms with E-state index in [2.05, 4.69) is 19.9 Å². The maximum absolute atomic E-state index is 10.3. The van der Waals surface area contributed by atoms with Gasteiger partial charge in [-0.3, -0.25) is 0 Å². The maximum Gasteiger partial charge on any atom is 0.210 e. The molecule has 2 N–H and O–H groups in total. The number of allylic oxidation sites excluding steroid dienone is 2. The standard InChI is InChI=1S/C18H24O2/c1-3-10-17(11-4-2)12-13-18(19,20)16(14-17)15-8-6-5-7-9-15/h5-9,12-14,19-20H,3-4,10-11H2,1-2H3. The fraction of sp³-hybridized carbons (Fsp3) is 0.444. The summed E-state index contributed by atoms with van der Waals surface area (Å²) in [5.41, 5.74) is 1.42. The van der Waals surface area contributed by atoms with Gasteiger partial charge in [-0.2, -0.15) is 0 Å². The third kappa shape index (κ3) is 3.02. The Bertz CT molecular complexity index is 491. The number of hydrogen-bond donors (Lipinski definition) is 2. The zero-order valence-electron chi connectivity index (χ0n) is 12.3. The zero-order valence-corrected chi connectivity index (χ0v) is 12.3. The SMILES string of the molecule is CCCC1(CCC)C=CC(O)(O)C(c2ccccc2)=C1. The van der Waals surface area contributed by atoms with Crippen molar-refractivity contribution in [2.75, 3.05) is 0 Å². The second-order valence-electron chi connectivity index (χ2n) is 5.72. The topological polar surface area (TPSA) is 40.5 Å². The molecule has 0 saturated heterocycles. The molecule has 0 unspecified atom stereocenters. The summed E-state index contributed by atoms with van der Waals surface area (Å²) in [6, 6.07) is 9.63. The highest BCUT2D eigenvalue weighted by Crippen LogP contribution is 2.43. The van der Waals surface area contributed by atoms with Crippen LogP contribution in [0.4, 0.5) is 0 Å². The minimum absolute atomic E-state index is 0.0519. The number of rotatable bonds is 5. The lowest BCUT2D eigenvalue weighted by Gasteiger charge is -2.36. The Balaban J connectivity index is 2.46. The lowest BCUT2D eigenvalue weighted by molar-refractivity contribution is -0.0671. The smallest absolute Gasteiger partial charge is 0.210 e. The molecule has 0 bridgehead atoms. The highest BCUT2D eigenvalue weighted by atomic mass is 16.5. The summed E-state index contributed by atoms with van der Waals surface area (Å²) in [6.07, 6.45) is 9.80. The van der Waals surface area contributed by atoms with Crippen molar-refractivity contribution < 1.29 is 10.2 Å². The van der Waals surface area contributed by atoms with Gasteiger partial charge in [0.1, 0.15) is 0 Å². The molecule has 0 spiro atoms. The van der Waals surface area contributed by atoms with Crippen molar-refractivity contribution in [3.63, 3.8) is 0 Å². The van der Waals surface area contributed by atoms with Crippen LogP contribution in [0.2, 0.25) is 0 Å². The average Bonchev–Trinajstić information content (AvgIpc) is 2.43. The van der Waals surface area contributed by atoms with E-state index in [-0.39, 0.29) is 5.41 Å². The van der Waals surface area contributed by atoms with Gasteiger partial charge in [-0.25, -0.2) is 0 Å². The highest BCUT2D eigenvalue weighted by molar-refractivity contribution is 5.74. The van der Waals surface area contributed by atoms with Crippen molar-refractivity contribution in [2.24, 2.45) is 5.41 Å². The Morgan fingerprint density at radius 2 is 1.50 bits per heavy atom. The van der Waals surface area contributed by atoms with Crippen LogP contribution in [0.25, 0.3) is 5.57 Å². The lowest BCUT2D eigenvalue weighted by atomic mass is 9.72. The van der Waals surface area contributed by atoms with Crippen LogP contribution in [0.15, 0.2) is 48.6 Å². The molecule has 0 radical (unpaired) electrons. The van der Waals surface area contributed by atoms with E-state index in [4.69, 9.17) is 0 Å². The fourth-order valence-electron chi connectivity index (χ4n) is 3.09. The fourth-order valence-corrected chi connectivity index (χ4v) is 3.09. The molecule has 0 fully saturated rings. The van der Waals surface area contributed by atoms with Crippen molar-refractivity contribution >= 4 is 5.57 Å².